The molecule has 0 radical (unpaired) electrons. The van der Waals surface area contributed by atoms with E-state index in [9.17, 15) is 0 Å². The summed E-state index contributed by atoms with van der Waals surface area (Å²) in [6.07, 6.45) is 0.940. The molecule has 3 rings (SSSR count). The molecule has 0 spiro atoms. The van der Waals surface area contributed by atoms with Gasteiger partial charge in [0.05, 0.1) is 6.10 Å². The molecule has 0 N–H and O–H groups in total. The molecular formula is C18H15IO. The molecule has 0 aliphatic carbocycles. The second kappa shape index (κ2) is 5.96. The maximum atomic E-state index is 6.27. The van der Waals surface area contributed by atoms with Gasteiger partial charge in [-0.3, -0.25) is 0 Å². The van der Waals surface area contributed by atoms with Crippen molar-refractivity contribution >= 4 is 22.6 Å². The standard InChI is InChI=1S/C18H15IO/c1-2-13-12-17(14-8-4-3-5-9-14)20-18(13)15-10-6-7-11-16(15)19/h3-11,17-18H,1,12H2. The van der Waals surface area contributed by atoms with Crippen molar-refractivity contribution in [2.24, 2.45) is 0 Å². The average molecular weight is 374 g/mol. The maximum Gasteiger partial charge on any atom is 0.113 e. The number of halogens is 1. The van der Waals surface area contributed by atoms with Crippen LogP contribution >= 0.6 is 22.6 Å². The van der Waals surface area contributed by atoms with Gasteiger partial charge >= 0.3 is 0 Å². The van der Waals surface area contributed by atoms with Crippen molar-refractivity contribution in [2.45, 2.75) is 18.6 Å². The van der Waals surface area contributed by atoms with Gasteiger partial charge < -0.3 is 4.74 Å². The molecular weight excluding hydrogens is 359 g/mol. The fourth-order valence-electron chi connectivity index (χ4n) is 2.58. The highest BCUT2D eigenvalue weighted by Crippen LogP contribution is 2.45. The van der Waals surface area contributed by atoms with E-state index < -0.39 is 0 Å². The Balaban J connectivity index is 1.94. The Labute approximate surface area is 133 Å². The predicted molar refractivity (Wildman–Crippen MR) is 89.4 cm³/mol. The zero-order valence-electron chi connectivity index (χ0n) is 11.1. The quantitative estimate of drug-likeness (QED) is 0.518. The summed E-state index contributed by atoms with van der Waals surface area (Å²) < 4.78 is 7.49. The number of benzene rings is 2. The Hall–Kier alpha value is -1.35. The van der Waals surface area contributed by atoms with E-state index in [1.165, 1.54) is 14.7 Å². The number of hydrogen-bond donors (Lipinski definition) is 0. The number of ether oxygens (including phenoxy) is 1. The van der Waals surface area contributed by atoms with Gasteiger partial charge in [0, 0.05) is 15.6 Å². The lowest BCUT2D eigenvalue weighted by atomic mass is 9.99. The third-order valence-corrected chi connectivity index (χ3v) is 4.59. The molecule has 0 saturated carbocycles. The van der Waals surface area contributed by atoms with Gasteiger partial charge in [-0.1, -0.05) is 55.1 Å². The SMILES string of the molecule is C=C=C1CC(c2ccccc2)OC1c1ccccc1I. The fourth-order valence-corrected chi connectivity index (χ4v) is 3.25. The highest BCUT2D eigenvalue weighted by Gasteiger charge is 2.32. The topological polar surface area (TPSA) is 9.23 Å². The molecule has 2 heteroatoms. The van der Waals surface area contributed by atoms with Crippen LogP contribution in [0.2, 0.25) is 0 Å². The molecule has 0 bridgehead atoms. The highest BCUT2D eigenvalue weighted by molar-refractivity contribution is 14.1. The molecule has 20 heavy (non-hydrogen) atoms. The van der Waals surface area contributed by atoms with Crippen molar-refractivity contribution in [3.8, 4) is 0 Å². The van der Waals surface area contributed by atoms with Crippen LogP contribution in [0.4, 0.5) is 0 Å². The van der Waals surface area contributed by atoms with Crippen LogP contribution in [0.1, 0.15) is 29.8 Å². The molecule has 2 aromatic carbocycles. The van der Waals surface area contributed by atoms with Crippen molar-refractivity contribution in [2.75, 3.05) is 0 Å². The van der Waals surface area contributed by atoms with E-state index in [1.54, 1.807) is 0 Å². The van der Waals surface area contributed by atoms with Gasteiger partial charge in [-0.15, -0.1) is 5.73 Å². The first-order valence-electron chi connectivity index (χ1n) is 6.63. The molecule has 1 heterocycles. The van der Waals surface area contributed by atoms with E-state index in [1.807, 2.05) is 12.1 Å². The molecule has 2 atom stereocenters. The zero-order chi connectivity index (χ0) is 13.9. The second-order valence-corrected chi connectivity index (χ2v) is 6.01. The first kappa shape index (κ1) is 13.6. The lowest BCUT2D eigenvalue weighted by molar-refractivity contribution is 0.0512. The number of hydrogen-bond acceptors (Lipinski definition) is 1. The lowest BCUT2D eigenvalue weighted by Crippen LogP contribution is -2.02. The van der Waals surface area contributed by atoms with E-state index in [0.717, 1.165) is 12.0 Å². The highest BCUT2D eigenvalue weighted by atomic mass is 127. The smallest absolute Gasteiger partial charge is 0.113 e. The second-order valence-electron chi connectivity index (χ2n) is 4.84. The van der Waals surface area contributed by atoms with Crippen LogP contribution in [0.25, 0.3) is 0 Å². The van der Waals surface area contributed by atoms with E-state index >= 15 is 0 Å². The van der Waals surface area contributed by atoms with E-state index in [2.05, 4.69) is 77.4 Å². The summed E-state index contributed by atoms with van der Waals surface area (Å²) in [5.41, 5.74) is 6.64. The molecule has 2 aromatic rings. The van der Waals surface area contributed by atoms with Crippen LogP contribution in [-0.4, -0.2) is 0 Å². The lowest BCUT2D eigenvalue weighted by Gasteiger charge is -2.15. The van der Waals surface area contributed by atoms with Gasteiger partial charge in [0.1, 0.15) is 6.10 Å². The molecule has 0 aromatic heterocycles. The van der Waals surface area contributed by atoms with Crippen molar-refractivity contribution in [1.29, 1.82) is 0 Å². The summed E-state index contributed by atoms with van der Waals surface area (Å²) in [6, 6.07) is 18.7. The van der Waals surface area contributed by atoms with Gasteiger partial charge in [-0.25, -0.2) is 0 Å². The zero-order valence-corrected chi connectivity index (χ0v) is 13.2. The predicted octanol–water partition coefficient (Wildman–Crippen LogP) is 5.21. The van der Waals surface area contributed by atoms with E-state index in [0.29, 0.717) is 0 Å². The summed E-state index contributed by atoms with van der Waals surface area (Å²) in [7, 11) is 0. The third kappa shape index (κ3) is 2.59. The minimum absolute atomic E-state index is 0.0224. The van der Waals surface area contributed by atoms with Crippen LogP contribution in [0.15, 0.2) is 72.5 Å². The van der Waals surface area contributed by atoms with Gasteiger partial charge in [0.25, 0.3) is 0 Å². The minimum Gasteiger partial charge on any atom is -0.360 e. The van der Waals surface area contributed by atoms with Gasteiger partial charge in [0.2, 0.25) is 0 Å². The first-order chi connectivity index (χ1) is 9.79. The molecule has 1 nitrogen and oxygen atoms in total. The van der Waals surface area contributed by atoms with Crippen molar-refractivity contribution in [3.05, 3.63) is 87.2 Å². The van der Waals surface area contributed by atoms with Crippen molar-refractivity contribution < 1.29 is 4.74 Å². The molecule has 1 aliphatic rings. The minimum atomic E-state index is -0.0224. The Morgan fingerprint density at radius 2 is 1.75 bits per heavy atom. The largest absolute Gasteiger partial charge is 0.360 e. The van der Waals surface area contributed by atoms with Crippen LogP contribution < -0.4 is 0 Å². The normalized spacial score (nSPS) is 21.8. The summed E-state index contributed by atoms with van der Waals surface area (Å²) in [4.78, 5) is 0. The van der Waals surface area contributed by atoms with Crippen molar-refractivity contribution in [3.63, 3.8) is 0 Å². The Bertz CT molecular complexity index is 656. The van der Waals surface area contributed by atoms with Gasteiger partial charge in [-0.05, 0) is 39.8 Å². The van der Waals surface area contributed by atoms with Gasteiger partial charge in [0.15, 0.2) is 0 Å². The molecule has 2 unspecified atom stereocenters. The van der Waals surface area contributed by atoms with Crippen LogP contribution in [0, 0.1) is 3.57 Å². The summed E-state index contributed by atoms with van der Waals surface area (Å²) >= 11 is 2.36. The van der Waals surface area contributed by atoms with E-state index in [-0.39, 0.29) is 12.2 Å². The summed E-state index contributed by atoms with van der Waals surface area (Å²) in [5, 5.41) is 0. The molecule has 1 fully saturated rings. The molecule has 0 amide bonds. The fraction of sp³-hybridized carbons (Fsp3) is 0.167. The van der Waals surface area contributed by atoms with Crippen LogP contribution in [-0.2, 0) is 4.74 Å². The summed E-state index contributed by atoms with van der Waals surface area (Å²) in [5.74, 6) is 0. The summed E-state index contributed by atoms with van der Waals surface area (Å²) in [6.45, 7) is 3.83. The Morgan fingerprint density at radius 3 is 2.45 bits per heavy atom. The maximum absolute atomic E-state index is 6.27. The average Bonchev–Trinajstić information content (AvgIpc) is 2.93. The molecule has 100 valence electrons. The van der Waals surface area contributed by atoms with Crippen LogP contribution in [0.5, 0.6) is 0 Å². The Kier molecular flexibility index (Phi) is 4.06. The first-order valence-corrected chi connectivity index (χ1v) is 7.71. The third-order valence-electron chi connectivity index (χ3n) is 3.61. The monoisotopic (exact) mass is 374 g/mol. The van der Waals surface area contributed by atoms with Gasteiger partial charge in [-0.2, -0.15) is 0 Å². The Morgan fingerprint density at radius 1 is 1.05 bits per heavy atom. The van der Waals surface area contributed by atoms with E-state index in [4.69, 9.17) is 4.74 Å². The van der Waals surface area contributed by atoms with Crippen LogP contribution in [0.3, 0.4) is 0 Å². The number of rotatable bonds is 2. The molecule has 1 aliphatic heterocycles. The molecule has 1 saturated heterocycles. The van der Waals surface area contributed by atoms with Crippen molar-refractivity contribution in [1.82, 2.24) is 0 Å².